The minimum Gasteiger partial charge on any atom is -0.384 e. The van der Waals surface area contributed by atoms with Crippen LogP contribution in [0.2, 0.25) is 0 Å². The molecular formula is C13H21N5. The molecule has 1 aromatic rings. The summed E-state index contributed by atoms with van der Waals surface area (Å²) in [6.07, 6.45) is 5.89. The van der Waals surface area contributed by atoms with Gasteiger partial charge >= 0.3 is 0 Å². The molecule has 1 saturated heterocycles. The van der Waals surface area contributed by atoms with Gasteiger partial charge in [0.25, 0.3) is 0 Å². The van der Waals surface area contributed by atoms with Gasteiger partial charge in [-0.3, -0.25) is 10.4 Å². The average Bonchev–Trinajstić information content (AvgIpc) is 2.39. The SMILES string of the molecule is CN(C)C1CCCN(c2cnccc2C(=N)N)C1. The number of aromatic nitrogens is 1. The van der Waals surface area contributed by atoms with Gasteiger partial charge in [-0.15, -0.1) is 0 Å². The molecule has 1 aliphatic heterocycles. The van der Waals surface area contributed by atoms with E-state index in [4.69, 9.17) is 11.1 Å². The molecule has 0 bridgehead atoms. The largest absolute Gasteiger partial charge is 0.384 e. The number of pyridine rings is 1. The van der Waals surface area contributed by atoms with Crippen LogP contribution in [0.5, 0.6) is 0 Å². The van der Waals surface area contributed by atoms with Crippen molar-refractivity contribution in [1.29, 1.82) is 5.41 Å². The number of piperidine rings is 1. The molecule has 3 N–H and O–H groups in total. The normalized spacial score (nSPS) is 20.2. The van der Waals surface area contributed by atoms with Gasteiger partial charge in [0.2, 0.25) is 0 Å². The lowest BCUT2D eigenvalue weighted by Crippen LogP contribution is -2.45. The molecule has 0 spiro atoms. The Labute approximate surface area is 108 Å². The standard InChI is InChI=1S/C13H21N5/c1-17(2)10-4-3-7-18(9-10)12-8-16-6-5-11(12)13(14)15/h5-6,8,10H,3-4,7,9H2,1-2H3,(H3,14,15). The second kappa shape index (κ2) is 5.35. The molecule has 0 amide bonds. The van der Waals surface area contributed by atoms with Gasteiger partial charge in [-0.2, -0.15) is 0 Å². The predicted molar refractivity (Wildman–Crippen MR) is 74.2 cm³/mol. The molecule has 0 radical (unpaired) electrons. The zero-order chi connectivity index (χ0) is 13.1. The first-order valence-corrected chi connectivity index (χ1v) is 6.29. The molecule has 0 aromatic carbocycles. The number of hydrogen-bond acceptors (Lipinski definition) is 4. The second-order valence-electron chi connectivity index (χ2n) is 5.01. The Balaban J connectivity index is 2.23. The molecule has 0 saturated carbocycles. The number of amidine groups is 1. The minimum absolute atomic E-state index is 0.111. The molecule has 1 unspecified atom stereocenters. The summed E-state index contributed by atoms with van der Waals surface area (Å²) in [5, 5.41) is 7.64. The van der Waals surface area contributed by atoms with Gasteiger partial charge in [-0.1, -0.05) is 0 Å². The van der Waals surface area contributed by atoms with Crippen molar-refractivity contribution in [3.05, 3.63) is 24.0 Å². The predicted octanol–water partition coefficient (Wildman–Crippen LogP) is 0.896. The lowest BCUT2D eigenvalue weighted by Gasteiger charge is -2.38. The zero-order valence-electron chi connectivity index (χ0n) is 11.1. The molecule has 1 fully saturated rings. The fraction of sp³-hybridized carbons (Fsp3) is 0.538. The van der Waals surface area contributed by atoms with Gasteiger partial charge in [0, 0.05) is 30.9 Å². The van der Waals surface area contributed by atoms with Crippen LogP contribution in [0, 0.1) is 5.41 Å². The van der Waals surface area contributed by atoms with Gasteiger partial charge in [-0.05, 0) is 33.0 Å². The van der Waals surface area contributed by atoms with Crippen molar-refractivity contribution in [2.24, 2.45) is 5.73 Å². The number of likely N-dealkylation sites (N-methyl/N-ethyl adjacent to an activating group) is 1. The van der Waals surface area contributed by atoms with E-state index in [1.54, 1.807) is 6.20 Å². The number of anilines is 1. The van der Waals surface area contributed by atoms with Gasteiger partial charge in [0.05, 0.1) is 11.9 Å². The van der Waals surface area contributed by atoms with Crippen LogP contribution in [0.4, 0.5) is 5.69 Å². The molecular weight excluding hydrogens is 226 g/mol. The van der Waals surface area contributed by atoms with Gasteiger partial charge in [0.1, 0.15) is 5.84 Å². The lowest BCUT2D eigenvalue weighted by molar-refractivity contribution is 0.258. The van der Waals surface area contributed by atoms with Crippen LogP contribution in [0.25, 0.3) is 0 Å². The maximum absolute atomic E-state index is 7.64. The first-order valence-electron chi connectivity index (χ1n) is 6.29. The third-order valence-electron chi connectivity index (χ3n) is 3.56. The molecule has 1 atom stereocenters. The van der Waals surface area contributed by atoms with Crippen molar-refractivity contribution in [1.82, 2.24) is 9.88 Å². The van der Waals surface area contributed by atoms with E-state index in [1.165, 1.54) is 6.42 Å². The smallest absolute Gasteiger partial charge is 0.125 e. The fourth-order valence-electron chi connectivity index (χ4n) is 2.46. The summed E-state index contributed by atoms with van der Waals surface area (Å²) in [5.74, 6) is 0.111. The summed E-state index contributed by atoms with van der Waals surface area (Å²) in [7, 11) is 4.23. The molecule has 0 aliphatic carbocycles. The van der Waals surface area contributed by atoms with E-state index in [-0.39, 0.29) is 5.84 Å². The molecule has 1 aromatic heterocycles. The first kappa shape index (κ1) is 12.8. The molecule has 98 valence electrons. The van der Waals surface area contributed by atoms with E-state index in [2.05, 4.69) is 28.9 Å². The van der Waals surface area contributed by atoms with E-state index in [0.29, 0.717) is 6.04 Å². The van der Waals surface area contributed by atoms with Crippen LogP contribution >= 0.6 is 0 Å². The molecule has 1 aliphatic rings. The van der Waals surface area contributed by atoms with Crippen molar-refractivity contribution in [2.75, 3.05) is 32.1 Å². The van der Waals surface area contributed by atoms with E-state index >= 15 is 0 Å². The number of hydrogen-bond donors (Lipinski definition) is 2. The molecule has 2 heterocycles. The quantitative estimate of drug-likeness (QED) is 0.615. The Kier molecular flexibility index (Phi) is 3.81. The lowest BCUT2D eigenvalue weighted by atomic mass is 10.0. The Morgan fingerprint density at radius 3 is 3.00 bits per heavy atom. The second-order valence-corrected chi connectivity index (χ2v) is 5.01. The van der Waals surface area contributed by atoms with E-state index < -0.39 is 0 Å². The molecule has 5 nitrogen and oxygen atoms in total. The van der Waals surface area contributed by atoms with Crippen LogP contribution in [0.3, 0.4) is 0 Å². The summed E-state index contributed by atoms with van der Waals surface area (Å²) in [6.45, 7) is 1.98. The molecule has 18 heavy (non-hydrogen) atoms. The van der Waals surface area contributed by atoms with Gasteiger partial charge in [0.15, 0.2) is 0 Å². The highest BCUT2D eigenvalue weighted by atomic mass is 15.2. The summed E-state index contributed by atoms with van der Waals surface area (Å²) in [5.41, 5.74) is 7.40. The van der Waals surface area contributed by atoms with Gasteiger partial charge < -0.3 is 15.5 Å². The van der Waals surface area contributed by atoms with Gasteiger partial charge in [-0.25, -0.2) is 0 Å². The topological polar surface area (TPSA) is 69.2 Å². The highest BCUT2D eigenvalue weighted by Gasteiger charge is 2.23. The van der Waals surface area contributed by atoms with Crippen molar-refractivity contribution in [3.8, 4) is 0 Å². The van der Waals surface area contributed by atoms with Crippen LogP contribution in [0.15, 0.2) is 18.5 Å². The van der Waals surface area contributed by atoms with E-state index in [1.807, 2.05) is 12.3 Å². The first-order chi connectivity index (χ1) is 8.59. The van der Waals surface area contributed by atoms with E-state index in [0.717, 1.165) is 30.8 Å². The Hall–Kier alpha value is -1.62. The number of nitrogens with zero attached hydrogens (tertiary/aromatic N) is 3. The van der Waals surface area contributed by atoms with Crippen LogP contribution < -0.4 is 10.6 Å². The summed E-state index contributed by atoms with van der Waals surface area (Å²) in [4.78, 5) is 8.71. The minimum atomic E-state index is 0.111. The van der Waals surface area contributed by atoms with E-state index in [9.17, 15) is 0 Å². The summed E-state index contributed by atoms with van der Waals surface area (Å²) < 4.78 is 0. The van der Waals surface area contributed by atoms with Crippen molar-refractivity contribution in [2.45, 2.75) is 18.9 Å². The molecule has 2 rings (SSSR count). The van der Waals surface area contributed by atoms with Crippen molar-refractivity contribution in [3.63, 3.8) is 0 Å². The number of nitrogens with one attached hydrogen (secondary N) is 1. The maximum Gasteiger partial charge on any atom is 0.125 e. The molecule has 5 heteroatoms. The van der Waals surface area contributed by atoms with Crippen molar-refractivity contribution >= 4 is 11.5 Å². The highest BCUT2D eigenvalue weighted by molar-refractivity contribution is 6.00. The summed E-state index contributed by atoms with van der Waals surface area (Å²) in [6, 6.07) is 2.37. The Morgan fingerprint density at radius 1 is 1.56 bits per heavy atom. The van der Waals surface area contributed by atoms with Crippen LogP contribution in [0.1, 0.15) is 18.4 Å². The van der Waals surface area contributed by atoms with Crippen LogP contribution in [-0.2, 0) is 0 Å². The monoisotopic (exact) mass is 247 g/mol. The fourth-order valence-corrected chi connectivity index (χ4v) is 2.46. The highest BCUT2D eigenvalue weighted by Crippen LogP contribution is 2.24. The van der Waals surface area contributed by atoms with Crippen molar-refractivity contribution < 1.29 is 0 Å². The zero-order valence-corrected chi connectivity index (χ0v) is 11.1. The third kappa shape index (κ3) is 2.61. The number of nitrogen functional groups attached to an aromatic ring is 1. The Bertz CT molecular complexity index is 429. The maximum atomic E-state index is 7.64. The average molecular weight is 247 g/mol. The summed E-state index contributed by atoms with van der Waals surface area (Å²) >= 11 is 0. The number of nitrogens with two attached hydrogens (primary N) is 1. The Morgan fingerprint density at radius 2 is 2.33 bits per heavy atom. The van der Waals surface area contributed by atoms with Crippen LogP contribution in [-0.4, -0.2) is 48.9 Å². The number of rotatable bonds is 3. The third-order valence-corrected chi connectivity index (χ3v) is 3.56.